The van der Waals surface area contributed by atoms with Crippen LogP contribution in [0, 0.1) is 0 Å². The quantitative estimate of drug-likeness (QED) is 0.772. The third-order valence-electron chi connectivity index (χ3n) is 3.43. The molecule has 0 aliphatic carbocycles. The summed E-state index contributed by atoms with van der Waals surface area (Å²) in [5.74, 6) is 2.18. The van der Waals surface area contributed by atoms with Gasteiger partial charge in [0.15, 0.2) is 11.5 Å². The summed E-state index contributed by atoms with van der Waals surface area (Å²) in [7, 11) is 0. The Balaban J connectivity index is 1.60. The molecule has 23 heavy (non-hydrogen) atoms. The third kappa shape index (κ3) is 2.64. The number of nitrogens with one attached hydrogen (secondary N) is 1. The second-order valence-electron chi connectivity index (χ2n) is 5.02. The summed E-state index contributed by atoms with van der Waals surface area (Å²) >= 11 is 0. The average molecular weight is 309 g/mol. The van der Waals surface area contributed by atoms with Crippen molar-refractivity contribution in [1.82, 2.24) is 14.8 Å². The fraction of sp³-hybridized carbons (Fsp3) is 0.125. The van der Waals surface area contributed by atoms with Crippen molar-refractivity contribution in [2.24, 2.45) is 0 Å². The summed E-state index contributed by atoms with van der Waals surface area (Å²) in [5.41, 5.74) is 7.60. The van der Waals surface area contributed by atoms with E-state index < -0.39 is 0 Å². The molecule has 2 heterocycles. The van der Waals surface area contributed by atoms with Crippen molar-refractivity contribution >= 4 is 17.6 Å². The molecule has 0 fully saturated rings. The number of rotatable bonds is 3. The molecule has 0 amide bonds. The topological polar surface area (TPSA) is 87.2 Å². The number of aromatic nitrogens is 3. The Morgan fingerprint density at radius 1 is 1.00 bits per heavy atom. The van der Waals surface area contributed by atoms with Crippen molar-refractivity contribution in [3.05, 3.63) is 48.5 Å². The zero-order valence-electron chi connectivity index (χ0n) is 12.3. The van der Waals surface area contributed by atoms with Gasteiger partial charge in [-0.3, -0.25) is 0 Å². The van der Waals surface area contributed by atoms with Crippen LogP contribution in [0.5, 0.6) is 11.5 Å². The summed E-state index contributed by atoms with van der Waals surface area (Å²) in [4.78, 5) is 4.24. The highest BCUT2D eigenvalue weighted by atomic mass is 16.6. The van der Waals surface area contributed by atoms with Crippen LogP contribution >= 0.6 is 0 Å². The Labute approximate surface area is 132 Å². The van der Waals surface area contributed by atoms with Gasteiger partial charge in [0.1, 0.15) is 13.2 Å². The Bertz CT molecular complexity index is 832. The molecule has 3 N–H and O–H groups in total. The van der Waals surface area contributed by atoms with Gasteiger partial charge in [-0.05, 0) is 24.3 Å². The Hall–Kier alpha value is -3.22. The standard InChI is InChI=1S/C16H15N5O2/c17-15-19-16(20-21(15)12-4-2-1-3-5-12)18-11-6-7-13-14(10-11)23-9-8-22-13/h1-7,10H,8-9H2,(H3,17,18,19,20). The number of para-hydroxylation sites is 1. The lowest BCUT2D eigenvalue weighted by Crippen LogP contribution is -2.15. The molecular formula is C16H15N5O2. The van der Waals surface area contributed by atoms with E-state index in [1.807, 2.05) is 48.5 Å². The van der Waals surface area contributed by atoms with Crippen molar-refractivity contribution in [3.63, 3.8) is 0 Å². The number of anilines is 3. The van der Waals surface area contributed by atoms with Crippen LogP contribution in [-0.2, 0) is 0 Å². The first-order valence-corrected chi connectivity index (χ1v) is 7.24. The molecule has 1 aromatic heterocycles. The first kappa shape index (κ1) is 13.4. The van der Waals surface area contributed by atoms with Crippen molar-refractivity contribution in [3.8, 4) is 17.2 Å². The molecule has 1 aliphatic heterocycles. The van der Waals surface area contributed by atoms with E-state index in [1.54, 1.807) is 4.68 Å². The molecule has 0 unspecified atom stereocenters. The normalized spacial score (nSPS) is 12.9. The summed E-state index contributed by atoms with van der Waals surface area (Å²) in [6, 6.07) is 15.2. The molecule has 116 valence electrons. The summed E-state index contributed by atoms with van der Waals surface area (Å²) in [5, 5.41) is 7.51. The van der Waals surface area contributed by atoms with Gasteiger partial charge in [0.05, 0.1) is 5.69 Å². The van der Waals surface area contributed by atoms with Crippen molar-refractivity contribution < 1.29 is 9.47 Å². The van der Waals surface area contributed by atoms with Crippen molar-refractivity contribution in [2.75, 3.05) is 24.3 Å². The van der Waals surface area contributed by atoms with Gasteiger partial charge < -0.3 is 20.5 Å². The second-order valence-corrected chi connectivity index (χ2v) is 5.02. The maximum Gasteiger partial charge on any atom is 0.248 e. The van der Waals surface area contributed by atoms with Gasteiger partial charge in [-0.25, -0.2) is 0 Å². The first-order valence-electron chi connectivity index (χ1n) is 7.24. The van der Waals surface area contributed by atoms with E-state index in [1.165, 1.54) is 0 Å². The van der Waals surface area contributed by atoms with Gasteiger partial charge in [-0.2, -0.15) is 9.67 Å². The second kappa shape index (κ2) is 5.53. The lowest BCUT2D eigenvalue weighted by atomic mass is 10.2. The highest BCUT2D eigenvalue weighted by Gasteiger charge is 2.13. The van der Waals surface area contributed by atoms with Gasteiger partial charge in [-0.15, -0.1) is 5.10 Å². The van der Waals surface area contributed by atoms with E-state index in [0.717, 1.165) is 17.1 Å². The molecule has 2 aromatic carbocycles. The van der Waals surface area contributed by atoms with E-state index in [-0.39, 0.29) is 0 Å². The Morgan fingerprint density at radius 2 is 1.78 bits per heavy atom. The predicted molar refractivity (Wildman–Crippen MR) is 86.5 cm³/mol. The first-order chi connectivity index (χ1) is 11.3. The van der Waals surface area contributed by atoms with Gasteiger partial charge in [-0.1, -0.05) is 18.2 Å². The Kier molecular flexibility index (Phi) is 3.23. The minimum absolute atomic E-state index is 0.316. The number of nitrogens with two attached hydrogens (primary N) is 1. The molecule has 0 radical (unpaired) electrons. The molecule has 0 bridgehead atoms. The van der Waals surface area contributed by atoms with Crippen LogP contribution in [0.2, 0.25) is 0 Å². The van der Waals surface area contributed by atoms with E-state index in [4.69, 9.17) is 15.2 Å². The molecule has 7 nitrogen and oxygen atoms in total. The number of nitrogens with zero attached hydrogens (tertiary/aromatic N) is 3. The SMILES string of the molecule is Nc1nc(Nc2ccc3c(c2)OCCO3)nn1-c1ccccc1. The lowest BCUT2D eigenvalue weighted by molar-refractivity contribution is 0.171. The molecule has 0 saturated heterocycles. The van der Waals surface area contributed by atoms with Crippen LogP contribution in [-0.4, -0.2) is 28.0 Å². The zero-order valence-corrected chi connectivity index (χ0v) is 12.3. The molecule has 0 saturated carbocycles. The molecule has 1 aliphatic rings. The Morgan fingerprint density at radius 3 is 2.61 bits per heavy atom. The summed E-state index contributed by atoms with van der Waals surface area (Å²) in [6.07, 6.45) is 0. The van der Waals surface area contributed by atoms with Crippen LogP contribution < -0.4 is 20.5 Å². The number of nitrogen functional groups attached to an aromatic ring is 1. The number of fused-ring (bicyclic) bond motifs is 1. The van der Waals surface area contributed by atoms with Crippen LogP contribution in [0.3, 0.4) is 0 Å². The molecule has 3 aromatic rings. The highest BCUT2D eigenvalue weighted by molar-refractivity contribution is 5.60. The van der Waals surface area contributed by atoms with Crippen LogP contribution in [0.25, 0.3) is 5.69 Å². The fourth-order valence-corrected chi connectivity index (χ4v) is 2.39. The maximum absolute atomic E-state index is 5.94. The minimum atomic E-state index is 0.316. The average Bonchev–Trinajstić information content (AvgIpc) is 2.96. The largest absolute Gasteiger partial charge is 0.486 e. The number of hydrogen-bond donors (Lipinski definition) is 2. The van der Waals surface area contributed by atoms with Crippen molar-refractivity contribution in [1.29, 1.82) is 0 Å². The summed E-state index contributed by atoms with van der Waals surface area (Å²) < 4.78 is 12.6. The number of ether oxygens (including phenoxy) is 2. The van der Waals surface area contributed by atoms with Gasteiger partial charge in [0, 0.05) is 11.8 Å². The van der Waals surface area contributed by atoms with Gasteiger partial charge in [0.2, 0.25) is 11.9 Å². The maximum atomic E-state index is 5.94. The molecule has 4 rings (SSSR count). The fourth-order valence-electron chi connectivity index (χ4n) is 2.39. The van der Waals surface area contributed by atoms with E-state index in [0.29, 0.717) is 30.9 Å². The van der Waals surface area contributed by atoms with E-state index in [2.05, 4.69) is 15.4 Å². The van der Waals surface area contributed by atoms with E-state index in [9.17, 15) is 0 Å². The minimum Gasteiger partial charge on any atom is -0.486 e. The number of benzene rings is 2. The molecular weight excluding hydrogens is 294 g/mol. The van der Waals surface area contributed by atoms with Crippen LogP contribution in [0.1, 0.15) is 0 Å². The predicted octanol–water partition coefficient (Wildman–Crippen LogP) is 2.36. The van der Waals surface area contributed by atoms with Gasteiger partial charge >= 0.3 is 0 Å². The smallest absolute Gasteiger partial charge is 0.248 e. The summed E-state index contributed by atoms with van der Waals surface area (Å²) in [6.45, 7) is 1.11. The van der Waals surface area contributed by atoms with Crippen molar-refractivity contribution in [2.45, 2.75) is 0 Å². The molecule has 0 spiro atoms. The molecule has 7 heteroatoms. The van der Waals surface area contributed by atoms with E-state index >= 15 is 0 Å². The zero-order chi connectivity index (χ0) is 15.6. The van der Waals surface area contributed by atoms with Crippen LogP contribution in [0.4, 0.5) is 17.6 Å². The third-order valence-corrected chi connectivity index (χ3v) is 3.43. The van der Waals surface area contributed by atoms with Gasteiger partial charge in [0.25, 0.3) is 0 Å². The molecule has 0 atom stereocenters. The number of hydrogen-bond acceptors (Lipinski definition) is 6. The van der Waals surface area contributed by atoms with Crippen LogP contribution in [0.15, 0.2) is 48.5 Å². The monoisotopic (exact) mass is 309 g/mol. The lowest BCUT2D eigenvalue weighted by Gasteiger charge is -2.18. The highest BCUT2D eigenvalue weighted by Crippen LogP contribution is 2.33.